The predicted molar refractivity (Wildman–Crippen MR) is 129 cm³/mol. The van der Waals surface area contributed by atoms with Crippen LogP contribution in [-0.2, 0) is 16.1 Å². The molecule has 168 valence electrons. The van der Waals surface area contributed by atoms with E-state index in [-0.39, 0.29) is 31.0 Å². The van der Waals surface area contributed by atoms with Gasteiger partial charge < -0.3 is 15.0 Å². The van der Waals surface area contributed by atoms with Gasteiger partial charge >= 0.3 is 0 Å². The topological polar surface area (TPSA) is 58.6 Å². The van der Waals surface area contributed by atoms with Gasteiger partial charge in [0.05, 0.1) is 5.02 Å². The van der Waals surface area contributed by atoms with Gasteiger partial charge in [-0.05, 0) is 55.7 Å². The fraction of sp³-hybridized carbons (Fsp3) is 0.391. The zero-order valence-electron chi connectivity index (χ0n) is 17.8. The maximum Gasteiger partial charge on any atom is 0.261 e. The third kappa shape index (κ3) is 7.70. The van der Waals surface area contributed by atoms with Crippen molar-refractivity contribution in [3.63, 3.8) is 0 Å². The summed E-state index contributed by atoms with van der Waals surface area (Å²) in [4.78, 5) is 27.6. The van der Waals surface area contributed by atoms with Gasteiger partial charge in [-0.2, -0.15) is 0 Å². The van der Waals surface area contributed by atoms with Gasteiger partial charge in [-0.15, -0.1) is 0 Å². The molecule has 2 amide bonds. The number of nitrogens with zero attached hydrogens (tertiary/aromatic N) is 1. The lowest BCUT2D eigenvalue weighted by Crippen LogP contribution is -2.51. The third-order valence-electron chi connectivity index (χ3n) is 4.90. The van der Waals surface area contributed by atoms with Crippen molar-refractivity contribution in [2.24, 2.45) is 0 Å². The van der Waals surface area contributed by atoms with Crippen LogP contribution >= 0.6 is 39.1 Å². The number of ether oxygens (including phenoxy) is 1. The minimum Gasteiger partial charge on any atom is -0.482 e. The lowest BCUT2D eigenvalue weighted by molar-refractivity contribution is -0.143. The molecule has 0 heterocycles. The van der Waals surface area contributed by atoms with Crippen LogP contribution in [0.25, 0.3) is 0 Å². The van der Waals surface area contributed by atoms with Crippen LogP contribution in [-0.4, -0.2) is 35.4 Å². The SMILES string of the molecule is CC[C@@H](C)NC(=O)[C@H](CC)N(Cc1ccc(Cl)cc1)C(=O)COc1ccc(Br)cc1Cl. The molecule has 0 radical (unpaired) electrons. The normalized spacial score (nSPS) is 12.7. The summed E-state index contributed by atoms with van der Waals surface area (Å²) in [5.41, 5.74) is 0.870. The fourth-order valence-corrected chi connectivity index (χ4v) is 3.82. The Kier molecular flexibility index (Phi) is 10.1. The van der Waals surface area contributed by atoms with Crippen LogP contribution < -0.4 is 10.1 Å². The van der Waals surface area contributed by atoms with Crippen LogP contribution in [0, 0.1) is 0 Å². The Morgan fingerprint density at radius 2 is 1.77 bits per heavy atom. The van der Waals surface area contributed by atoms with Gasteiger partial charge in [-0.1, -0.05) is 65.1 Å². The van der Waals surface area contributed by atoms with Crippen molar-refractivity contribution in [2.45, 2.75) is 52.2 Å². The average molecular weight is 530 g/mol. The number of nitrogens with one attached hydrogen (secondary N) is 1. The Bertz CT molecular complexity index is 893. The minimum atomic E-state index is -0.624. The van der Waals surface area contributed by atoms with E-state index >= 15 is 0 Å². The summed E-state index contributed by atoms with van der Waals surface area (Å²) in [7, 11) is 0. The van der Waals surface area contributed by atoms with Crippen molar-refractivity contribution in [2.75, 3.05) is 6.61 Å². The molecule has 31 heavy (non-hydrogen) atoms. The van der Waals surface area contributed by atoms with E-state index in [1.807, 2.05) is 32.9 Å². The highest BCUT2D eigenvalue weighted by Crippen LogP contribution is 2.28. The lowest BCUT2D eigenvalue weighted by atomic mass is 10.1. The molecule has 0 aromatic heterocycles. The van der Waals surface area contributed by atoms with E-state index in [1.54, 1.807) is 35.2 Å². The Morgan fingerprint density at radius 1 is 1.10 bits per heavy atom. The van der Waals surface area contributed by atoms with E-state index in [1.165, 1.54) is 0 Å². The van der Waals surface area contributed by atoms with Gasteiger partial charge in [-0.25, -0.2) is 0 Å². The average Bonchev–Trinajstić information content (AvgIpc) is 2.74. The summed E-state index contributed by atoms with van der Waals surface area (Å²) < 4.78 is 6.48. The standard InChI is InChI=1S/C23H27BrCl2N2O3/c1-4-15(3)27-23(30)20(5-2)28(13-16-6-9-18(25)10-7-16)22(29)14-31-21-11-8-17(24)12-19(21)26/h6-12,15,20H,4-5,13-14H2,1-3H3,(H,27,30)/t15-,20+/m1/s1. The molecule has 0 aliphatic heterocycles. The summed E-state index contributed by atoms with van der Waals surface area (Å²) in [5.74, 6) is -0.0808. The summed E-state index contributed by atoms with van der Waals surface area (Å²) in [6, 6.07) is 11.8. The molecule has 5 nitrogen and oxygen atoms in total. The van der Waals surface area contributed by atoms with Crippen molar-refractivity contribution in [1.82, 2.24) is 10.2 Å². The smallest absolute Gasteiger partial charge is 0.261 e. The number of carbonyl (C=O) groups excluding carboxylic acids is 2. The highest BCUT2D eigenvalue weighted by Gasteiger charge is 2.29. The molecule has 2 aromatic rings. The lowest BCUT2D eigenvalue weighted by Gasteiger charge is -2.31. The van der Waals surface area contributed by atoms with E-state index in [0.29, 0.717) is 22.2 Å². The first-order valence-electron chi connectivity index (χ1n) is 10.2. The predicted octanol–water partition coefficient (Wildman–Crippen LogP) is 5.86. The molecule has 1 N–H and O–H groups in total. The minimum absolute atomic E-state index is 0.0202. The molecule has 0 unspecified atom stereocenters. The highest BCUT2D eigenvalue weighted by atomic mass is 79.9. The van der Waals surface area contributed by atoms with E-state index in [0.717, 1.165) is 16.5 Å². The van der Waals surface area contributed by atoms with Gasteiger partial charge in [0, 0.05) is 22.1 Å². The summed E-state index contributed by atoms with van der Waals surface area (Å²) in [5, 5.41) is 3.98. The second-order valence-electron chi connectivity index (χ2n) is 7.25. The number of halogens is 3. The molecule has 0 saturated heterocycles. The molecule has 2 atom stereocenters. The molecule has 0 bridgehead atoms. The van der Waals surface area contributed by atoms with Crippen molar-refractivity contribution in [1.29, 1.82) is 0 Å². The van der Waals surface area contributed by atoms with E-state index in [9.17, 15) is 9.59 Å². The first-order chi connectivity index (χ1) is 14.7. The molecule has 0 aliphatic carbocycles. The van der Waals surface area contributed by atoms with Gasteiger partial charge in [-0.3, -0.25) is 9.59 Å². The van der Waals surface area contributed by atoms with Crippen LogP contribution in [0.2, 0.25) is 10.0 Å². The molecule has 0 spiro atoms. The third-order valence-corrected chi connectivity index (χ3v) is 5.94. The van der Waals surface area contributed by atoms with Crippen molar-refractivity contribution in [3.05, 3.63) is 62.5 Å². The largest absolute Gasteiger partial charge is 0.482 e. The van der Waals surface area contributed by atoms with Gasteiger partial charge in [0.2, 0.25) is 5.91 Å². The first-order valence-corrected chi connectivity index (χ1v) is 11.7. The van der Waals surface area contributed by atoms with Crippen molar-refractivity contribution in [3.8, 4) is 5.75 Å². The summed E-state index contributed by atoms with van der Waals surface area (Å²) >= 11 is 15.5. The highest BCUT2D eigenvalue weighted by molar-refractivity contribution is 9.10. The monoisotopic (exact) mass is 528 g/mol. The molecular formula is C23H27BrCl2N2O3. The maximum atomic E-state index is 13.2. The quantitative estimate of drug-likeness (QED) is 0.419. The zero-order valence-corrected chi connectivity index (χ0v) is 20.9. The molecule has 0 fully saturated rings. The Morgan fingerprint density at radius 3 is 2.35 bits per heavy atom. The van der Waals surface area contributed by atoms with Crippen LogP contribution in [0.1, 0.15) is 39.2 Å². The van der Waals surface area contributed by atoms with Crippen LogP contribution in [0.3, 0.4) is 0 Å². The van der Waals surface area contributed by atoms with Crippen LogP contribution in [0.4, 0.5) is 0 Å². The first kappa shape index (κ1) is 25.5. The maximum absolute atomic E-state index is 13.2. The number of benzene rings is 2. The summed E-state index contributed by atoms with van der Waals surface area (Å²) in [6.45, 7) is 5.85. The van der Waals surface area contributed by atoms with Crippen molar-refractivity contribution >= 4 is 50.9 Å². The molecule has 0 aliphatic rings. The molecule has 0 saturated carbocycles. The van der Waals surface area contributed by atoms with E-state index < -0.39 is 6.04 Å². The van der Waals surface area contributed by atoms with Gasteiger partial charge in [0.15, 0.2) is 6.61 Å². The second kappa shape index (κ2) is 12.3. The Hall–Kier alpha value is -1.76. The van der Waals surface area contributed by atoms with E-state index in [4.69, 9.17) is 27.9 Å². The molecule has 2 rings (SSSR count). The molecular weight excluding hydrogens is 503 g/mol. The molecule has 8 heteroatoms. The number of carbonyl (C=O) groups is 2. The number of rotatable bonds is 10. The van der Waals surface area contributed by atoms with Crippen LogP contribution in [0.15, 0.2) is 46.9 Å². The fourth-order valence-electron chi connectivity index (χ4n) is 2.96. The summed E-state index contributed by atoms with van der Waals surface area (Å²) in [6.07, 6.45) is 1.28. The van der Waals surface area contributed by atoms with Crippen LogP contribution in [0.5, 0.6) is 5.75 Å². The molecule has 2 aromatic carbocycles. The van der Waals surface area contributed by atoms with Crippen molar-refractivity contribution < 1.29 is 14.3 Å². The van der Waals surface area contributed by atoms with E-state index in [2.05, 4.69) is 21.2 Å². The Balaban J connectivity index is 2.22. The Labute approximate surface area is 202 Å². The van der Waals surface area contributed by atoms with Gasteiger partial charge in [0.25, 0.3) is 5.91 Å². The zero-order chi connectivity index (χ0) is 23.0. The number of hydrogen-bond acceptors (Lipinski definition) is 3. The number of amides is 2. The number of hydrogen-bond donors (Lipinski definition) is 1. The second-order valence-corrected chi connectivity index (χ2v) is 9.01. The van der Waals surface area contributed by atoms with Gasteiger partial charge in [0.1, 0.15) is 11.8 Å².